The summed E-state index contributed by atoms with van der Waals surface area (Å²) in [6, 6.07) is 0. The Morgan fingerprint density at radius 3 is 1.50 bits per heavy atom. The zero-order valence-electron chi connectivity index (χ0n) is 13.8. The van der Waals surface area contributed by atoms with E-state index < -0.39 is 21.5 Å². The van der Waals surface area contributed by atoms with Gasteiger partial charge < -0.3 is 0 Å². The number of hydrogen-bond donors (Lipinski definition) is 0. The van der Waals surface area contributed by atoms with Crippen LogP contribution in [0.4, 0.5) is 0 Å². The standard InChI is InChI=1S/C17H35O.O.Sn/c1-3-5-7-9-11-13-15-17(18)16-14-12-10-8-6-4-2;;/h17H,3-16H2,1-2H3;;/q-1;;+1. The summed E-state index contributed by atoms with van der Waals surface area (Å²) in [6.45, 7) is 4.51. The molecule has 0 saturated carbocycles. The summed E-state index contributed by atoms with van der Waals surface area (Å²) in [5, 5.41) is 0. The molecule has 1 radical (unpaired) electrons. The van der Waals surface area contributed by atoms with Crippen molar-refractivity contribution >= 4 is 21.5 Å². The van der Waals surface area contributed by atoms with Crippen LogP contribution in [0, 0.1) is 0 Å². The summed E-state index contributed by atoms with van der Waals surface area (Å²) in [7, 11) is 0. The second kappa shape index (κ2) is 17.6. The van der Waals surface area contributed by atoms with E-state index in [0.29, 0.717) is 6.10 Å². The Bertz CT molecular complexity index is 181. The molecule has 0 heterocycles. The minimum atomic E-state index is -1.73. The fourth-order valence-corrected chi connectivity index (χ4v) is 3.70. The van der Waals surface area contributed by atoms with E-state index in [9.17, 15) is 3.08 Å². The van der Waals surface area contributed by atoms with Crippen molar-refractivity contribution in [3.05, 3.63) is 0 Å². The summed E-state index contributed by atoms with van der Waals surface area (Å²) in [5.41, 5.74) is 0. The first-order valence-corrected chi connectivity index (χ1v) is 11.2. The molecule has 0 atom stereocenters. The summed E-state index contributed by atoms with van der Waals surface area (Å²) in [4.78, 5) is 0. The molecule has 0 N–H and O–H groups in total. The first-order valence-electron chi connectivity index (χ1n) is 8.87. The molecule has 119 valence electrons. The van der Waals surface area contributed by atoms with Crippen molar-refractivity contribution in [2.45, 2.75) is 110 Å². The van der Waals surface area contributed by atoms with Crippen molar-refractivity contribution in [1.82, 2.24) is 0 Å². The molecule has 0 aromatic rings. The third-order valence-corrected chi connectivity index (χ3v) is 5.20. The quantitative estimate of drug-likeness (QED) is 0.245. The fraction of sp³-hybridized carbons (Fsp3) is 1.00. The van der Waals surface area contributed by atoms with Gasteiger partial charge in [-0.3, -0.25) is 0 Å². The molecule has 0 aliphatic heterocycles. The first kappa shape index (κ1) is 20.6. The first-order chi connectivity index (χ1) is 9.85. The Balaban J connectivity index is 3.47. The van der Waals surface area contributed by atoms with Crippen molar-refractivity contribution in [2.24, 2.45) is 0 Å². The van der Waals surface area contributed by atoms with Crippen LogP contribution in [0.15, 0.2) is 0 Å². The molecule has 0 saturated heterocycles. The Hall–Kier alpha value is 0.559. The van der Waals surface area contributed by atoms with Crippen molar-refractivity contribution in [1.29, 1.82) is 0 Å². The molecule has 20 heavy (non-hydrogen) atoms. The topological polar surface area (TPSA) is 26.3 Å². The molecule has 0 aromatic carbocycles. The number of unbranched alkanes of at least 4 members (excludes halogenated alkanes) is 10. The van der Waals surface area contributed by atoms with Gasteiger partial charge in [-0.2, -0.15) is 0 Å². The molecule has 0 spiro atoms. The van der Waals surface area contributed by atoms with Crippen LogP contribution in [0.3, 0.4) is 0 Å². The van der Waals surface area contributed by atoms with Gasteiger partial charge in [-0.15, -0.1) is 0 Å². The Morgan fingerprint density at radius 1 is 0.700 bits per heavy atom. The van der Waals surface area contributed by atoms with E-state index in [2.05, 4.69) is 13.8 Å². The summed E-state index contributed by atoms with van der Waals surface area (Å²) in [6.07, 6.45) is 18.5. The van der Waals surface area contributed by atoms with Crippen LogP contribution in [-0.4, -0.2) is 27.6 Å². The van der Waals surface area contributed by atoms with Crippen molar-refractivity contribution in [3.8, 4) is 0 Å². The van der Waals surface area contributed by atoms with Crippen molar-refractivity contribution in [2.75, 3.05) is 0 Å². The second-order valence-electron chi connectivity index (χ2n) is 5.94. The van der Waals surface area contributed by atoms with E-state index in [-0.39, 0.29) is 0 Å². The average molecular weight is 390 g/mol. The maximum absolute atomic E-state index is 10.8. The molecule has 0 bridgehead atoms. The Morgan fingerprint density at radius 2 is 1.10 bits per heavy atom. The molecular formula is C17H35O2Sn. The van der Waals surface area contributed by atoms with Crippen molar-refractivity contribution < 1.29 is 6.15 Å². The van der Waals surface area contributed by atoms with E-state index in [0.717, 1.165) is 12.8 Å². The summed E-state index contributed by atoms with van der Waals surface area (Å²) >= 11 is -1.73. The van der Waals surface area contributed by atoms with Gasteiger partial charge in [0.1, 0.15) is 0 Å². The molecule has 2 nitrogen and oxygen atoms in total. The predicted octanol–water partition coefficient (Wildman–Crippen LogP) is 5.84. The molecule has 0 fully saturated rings. The van der Waals surface area contributed by atoms with Gasteiger partial charge >= 0.3 is 138 Å². The van der Waals surface area contributed by atoms with Gasteiger partial charge in [0.25, 0.3) is 0 Å². The average Bonchev–Trinajstić information content (AvgIpc) is 2.46. The van der Waals surface area contributed by atoms with Crippen LogP contribution >= 0.6 is 0 Å². The normalized spacial score (nSPS) is 11.2. The van der Waals surface area contributed by atoms with Crippen LogP contribution < -0.4 is 0 Å². The monoisotopic (exact) mass is 391 g/mol. The van der Waals surface area contributed by atoms with E-state index in [1.807, 2.05) is 0 Å². The third-order valence-electron chi connectivity index (χ3n) is 3.97. The van der Waals surface area contributed by atoms with Crippen LogP contribution in [0.1, 0.15) is 104 Å². The van der Waals surface area contributed by atoms with E-state index in [1.165, 1.54) is 77.0 Å². The SMILES string of the molecule is CCCCCCCCC(CCCCCCCC)[O][Sn]=[O]. The van der Waals surface area contributed by atoms with Gasteiger partial charge in [-0.25, -0.2) is 0 Å². The molecule has 0 amide bonds. The van der Waals surface area contributed by atoms with E-state index >= 15 is 0 Å². The number of hydrogen-bond acceptors (Lipinski definition) is 2. The van der Waals surface area contributed by atoms with Gasteiger partial charge in [-0.1, -0.05) is 0 Å². The maximum atomic E-state index is 10.8. The van der Waals surface area contributed by atoms with Crippen LogP contribution in [0.5, 0.6) is 0 Å². The predicted molar refractivity (Wildman–Crippen MR) is 87.3 cm³/mol. The Kier molecular flexibility index (Phi) is 18.1. The molecule has 0 aliphatic carbocycles. The summed E-state index contributed by atoms with van der Waals surface area (Å²) in [5.74, 6) is 0. The van der Waals surface area contributed by atoms with Gasteiger partial charge in [0.15, 0.2) is 0 Å². The van der Waals surface area contributed by atoms with Gasteiger partial charge in [0, 0.05) is 0 Å². The van der Waals surface area contributed by atoms with Gasteiger partial charge in [-0.05, 0) is 0 Å². The molecule has 0 aromatic heterocycles. The second-order valence-corrected chi connectivity index (χ2v) is 7.08. The van der Waals surface area contributed by atoms with E-state index in [4.69, 9.17) is 3.07 Å². The molecule has 0 aliphatic rings. The fourth-order valence-electron chi connectivity index (χ4n) is 2.63. The van der Waals surface area contributed by atoms with Gasteiger partial charge in [0.2, 0.25) is 0 Å². The zero-order valence-corrected chi connectivity index (χ0v) is 16.6. The Labute approximate surface area is 137 Å². The van der Waals surface area contributed by atoms with Crippen molar-refractivity contribution in [3.63, 3.8) is 0 Å². The van der Waals surface area contributed by atoms with E-state index in [1.54, 1.807) is 0 Å². The zero-order chi connectivity index (χ0) is 14.9. The molecular weight excluding hydrogens is 355 g/mol. The third kappa shape index (κ3) is 15.0. The molecule has 0 unspecified atom stereocenters. The molecule has 0 rings (SSSR count). The van der Waals surface area contributed by atoms with Crippen LogP contribution in [0.2, 0.25) is 0 Å². The summed E-state index contributed by atoms with van der Waals surface area (Å²) < 4.78 is 16.3. The number of rotatable bonds is 16. The van der Waals surface area contributed by atoms with Crippen LogP contribution in [0.25, 0.3) is 0 Å². The molecule has 3 heteroatoms. The minimum absolute atomic E-state index is 0.302. The van der Waals surface area contributed by atoms with Crippen LogP contribution in [-0.2, 0) is 6.15 Å². The van der Waals surface area contributed by atoms with Gasteiger partial charge in [0.05, 0.1) is 0 Å².